The lowest BCUT2D eigenvalue weighted by Gasteiger charge is -2.23. The molecule has 1 atom stereocenters. The molecule has 15 heavy (non-hydrogen) atoms. The predicted molar refractivity (Wildman–Crippen MR) is 62.2 cm³/mol. The molecule has 2 heterocycles. The van der Waals surface area contributed by atoms with Crippen LogP contribution >= 0.6 is 15.9 Å². The Morgan fingerprint density at radius 2 is 2.40 bits per heavy atom. The van der Waals surface area contributed by atoms with Gasteiger partial charge in [0.05, 0.1) is 0 Å². The monoisotopic (exact) mass is 273 g/mol. The van der Waals surface area contributed by atoms with Gasteiger partial charge in [0.15, 0.2) is 0 Å². The summed E-state index contributed by atoms with van der Waals surface area (Å²) in [5, 5.41) is 12.7. The minimum absolute atomic E-state index is 0.618. The van der Waals surface area contributed by atoms with Crippen LogP contribution in [-0.4, -0.2) is 38.1 Å². The lowest BCUT2D eigenvalue weighted by atomic mass is 10.1. The average molecular weight is 274 g/mol. The molecular weight excluding hydrogens is 258 g/mol. The molecule has 1 aliphatic rings. The molecular formula is C9H16BrN5. The van der Waals surface area contributed by atoms with Crippen molar-refractivity contribution in [1.29, 1.82) is 0 Å². The van der Waals surface area contributed by atoms with Crippen molar-refractivity contribution in [3.05, 3.63) is 0 Å². The highest BCUT2D eigenvalue weighted by atomic mass is 79.9. The van der Waals surface area contributed by atoms with E-state index in [9.17, 15) is 0 Å². The molecule has 0 amide bonds. The predicted octanol–water partition coefficient (Wildman–Crippen LogP) is 1.35. The number of aryl methyl sites for hydroxylation is 1. The number of anilines is 1. The summed E-state index contributed by atoms with van der Waals surface area (Å²) < 4.78 is 1.76. The number of hydrogen-bond acceptors (Lipinski definition) is 4. The fourth-order valence-electron chi connectivity index (χ4n) is 2.18. The number of alkyl halides is 1. The maximum atomic E-state index is 4.07. The molecule has 0 N–H and O–H groups in total. The molecule has 0 bridgehead atoms. The second kappa shape index (κ2) is 4.92. The van der Waals surface area contributed by atoms with Gasteiger partial charge >= 0.3 is 0 Å². The van der Waals surface area contributed by atoms with Crippen LogP contribution < -0.4 is 4.90 Å². The summed E-state index contributed by atoms with van der Waals surface area (Å²) in [5.41, 5.74) is 0. The third kappa shape index (κ3) is 2.30. The van der Waals surface area contributed by atoms with E-state index in [2.05, 4.69) is 36.4 Å². The highest BCUT2D eigenvalue weighted by Crippen LogP contribution is 2.25. The maximum Gasteiger partial charge on any atom is 0.245 e. The van der Waals surface area contributed by atoms with Crippen LogP contribution in [0.3, 0.4) is 0 Å². The maximum absolute atomic E-state index is 4.07. The number of nitrogens with zero attached hydrogens (tertiary/aromatic N) is 5. The van der Waals surface area contributed by atoms with E-state index in [1.54, 1.807) is 4.68 Å². The summed E-state index contributed by atoms with van der Waals surface area (Å²) in [4.78, 5) is 2.34. The van der Waals surface area contributed by atoms with Crippen molar-refractivity contribution < 1.29 is 0 Å². The molecule has 0 aromatic carbocycles. The highest BCUT2D eigenvalue weighted by Gasteiger charge is 2.27. The summed E-state index contributed by atoms with van der Waals surface area (Å²) in [6.45, 7) is 1.08. The second-order valence-electron chi connectivity index (χ2n) is 3.92. The SMILES string of the molecule is Cn1nnnc1N1CCCC1CCCBr. The Hall–Kier alpha value is -0.650. The van der Waals surface area contributed by atoms with Crippen molar-refractivity contribution in [2.24, 2.45) is 7.05 Å². The Bertz CT molecular complexity index is 313. The zero-order valence-electron chi connectivity index (χ0n) is 8.93. The van der Waals surface area contributed by atoms with Crippen molar-refractivity contribution in [2.45, 2.75) is 31.7 Å². The van der Waals surface area contributed by atoms with Crippen LogP contribution in [0.1, 0.15) is 25.7 Å². The van der Waals surface area contributed by atoms with E-state index >= 15 is 0 Å². The first-order valence-corrected chi connectivity index (χ1v) is 6.50. The van der Waals surface area contributed by atoms with Crippen LogP contribution in [0.4, 0.5) is 5.95 Å². The minimum atomic E-state index is 0.618. The van der Waals surface area contributed by atoms with E-state index in [0.29, 0.717) is 6.04 Å². The van der Waals surface area contributed by atoms with Crippen molar-refractivity contribution in [1.82, 2.24) is 20.2 Å². The molecule has 84 valence electrons. The molecule has 2 rings (SSSR count). The Balaban J connectivity index is 2.04. The van der Waals surface area contributed by atoms with E-state index in [-0.39, 0.29) is 0 Å². The van der Waals surface area contributed by atoms with Crippen molar-refractivity contribution >= 4 is 21.9 Å². The van der Waals surface area contributed by atoms with Crippen molar-refractivity contribution in [3.63, 3.8) is 0 Å². The fraction of sp³-hybridized carbons (Fsp3) is 0.889. The van der Waals surface area contributed by atoms with Gasteiger partial charge in [0.1, 0.15) is 0 Å². The van der Waals surface area contributed by atoms with Gasteiger partial charge in [-0.05, 0) is 36.1 Å². The van der Waals surface area contributed by atoms with E-state index in [1.807, 2.05) is 7.05 Å². The number of hydrogen-bond donors (Lipinski definition) is 0. The fourth-order valence-corrected chi connectivity index (χ4v) is 2.50. The molecule has 0 aliphatic carbocycles. The molecule has 6 heteroatoms. The molecule has 0 saturated carbocycles. The first-order chi connectivity index (χ1) is 7.33. The lowest BCUT2D eigenvalue weighted by molar-refractivity contribution is 0.583. The molecule has 1 fully saturated rings. The molecule has 1 saturated heterocycles. The van der Waals surface area contributed by atoms with Crippen molar-refractivity contribution in [2.75, 3.05) is 16.8 Å². The van der Waals surface area contributed by atoms with Crippen LogP contribution in [-0.2, 0) is 7.05 Å². The zero-order chi connectivity index (χ0) is 10.7. The Labute approximate surface area is 98.0 Å². The van der Waals surface area contributed by atoms with Crippen LogP contribution in [0.2, 0.25) is 0 Å². The lowest BCUT2D eigenvalue weighted by Crippen LogP contribution is -2.31. The van der Waals surface area contributed by atoms with Crippen LogP contribution in [0.5, 0.6) is 0 Å². The number of tetrazole rings is 1. The van der Waals surface area contributed by atoms with Gasteiger partial charge in [0.2, 0.25) is 5.95 Å². The Kier molecular flexibility index (Phi) is 3.56. The van der Waals surface area contributed by atoms with Crippen LogP contribution in [0, 0.1) is 0 Å². The molecule has 5 nitrogen and oxygen atoms in total. The van der Waals surface area contributed by atoms with E-state index in [1.165, 1.54) is 25.7 Å². The van der Waals surface area contributed by atoms with Gasteiger partial charge in [0.25, 0.3) is 0 Å². The standard InChI is InChI=1S/C9H16BrN5/c1-14-9(11-12-13-14)15-7-3-5-8(15)4-2-6-10/h8H,2-7H2,1H3. The average Bonchev–Trinajstić information content (AvgIpc) is 2.82. The Morgan fingerprint density at radius 3 is 3.07 bits per heavy atom. The molecule has 1 unspecified atom stereocenters. The van der Waals surface area contributed by atoms with Gasteiger partial charge in [-0.3, -0.25) is 0 Å². The van der Waals surface area contributed by atoms with Crippen molar-refractivity contribution in [3.8, 4) is 0 Å². The summed E-state index contributed by atoms with van der Waals surface area (Å²) in [5.74, 6) is 0.909. The largest absolute Gasteiger partial charge is 0.337 e. The van der Waals surface area contributed by atoms with Gasteiger partial charge in [0, 0.05) is 25.0 Å². The summed E-state index contributed by atoms with van der Waals surface area (Å²) in [6, 6.07) is 0.618. The van der Waals surface area contributed by atoms with Crippen LogP contribution in [0.15, 0.2) is 0 Å². The first-order valence-electron chi connectivity index (χ1n) is 5.38. The highest BCUT2D eigenvalue weighted by molar-refractivity contribution is 9.09. The van der Waals surface area contributed by atoms with Gasteiger partial charge in [-0.1, -0.05) is 21.0 Å². The second-order valence-corrected chi connectivity index (χ2v) is 4.72. The van der Waals surface area contributed by atoms with Gasteiger partial charge < -0.3 is 4.90 Å². The van der Waals surface area contributed by atoms with E-state index < -0.39 is 0 Å². The molecule has 1 aliphatic heterocycles. The van der Waals surface area contributed by atoms with E-state index in [0.717, 1.165) is 17.8 Å². The smallest absolute Gasteiger partial charge is 0.245 e. The molecule has 0 spiro atoms. The summed E-state index contributed by atoms with van der Waals surface area (Å²) in [6.07, 6.45) is 4.95. The number of aromatic nitrogens is 4. The van der Waals surface area contributed by atoms with Gasteiger partial charge in [-0.25, -0.2) is 4.68 Å². The summed E-state index contributed by atoms with van der Waals surface area (Å²) in [7, 11) is 1.90. The third-order valence-electron chi connectivity index (χ3n) is 2.90. The number of rotatable bonds is 4. The molecule has 1 aromatic rings. The zero-order valence-corrected chi connectivity index (χ0v) is 10.5. The first kappa shape index (κ1) is 10.9. The van der Waals surface area contributed by atoms with E-state index in [4.69, 9.17) is 0 Å². The van der Waals surface area contributed by atoms with Crippen LogP contribution in [0.25, 0.3) is 0 Å². The van der Waals surface area contributed by atoms with Gasteiger partial charge in [-0.15, -0.1) is 0 Å². The van der Waals surface area contributed by atoms with Gasteiger partial charge in [-0.2, -0.15) is 0 Å². The minimum Gasteiger partial charge on any atom is -0.337 e. The molecule has 1 aromatic heterocycles. The normalized spacial score (nSPS) is 21.2. The topological polar surface area (TPSA) is 46.8 Å². The third-order valence-corrected chi connectivity index (χ3v) is 3.46. The quantitative estimate of drug-likeness (QED) is 0.778. The number of halogens is 1. The summed E-state index contributed by atoms with van der Waals surface area (Å²) >= 11 is 3.48. The Morgan fingerprint density at radius 1 is 1.53 bits per heavy atom. The molecule has 0 radical (unpaired) electrons.